The number of allylic oxidation sites excluding steroid dienone is 1. The average molecular weight is 248 g/mol. The first-order chi connectivity index (χ1) is 8.75. The second-order valence-electron chi connectivity index (χ2n) is 6.12. The Morgan fingerprint density at radius 2 is 2.11 bits per heavy atom. The lowest BCUT2D eigenvalue weighted by atomic mass is 9.71. The summed E-state index contributed by atoms with van der Waals surface area (Å²) in [5, 5.41) is 3.54. The average Bonchev–Trinajstić information content (AvgIpc) is 2.77. The van der Waals surface area contributed by atoms with Crippen LogP contribution in [0.1, 0.15) is 39.0 Å². The zero-order valence-electron chi connectivity index (χ0n) is 11.3. The first-order valence-corrected chi connectivity index (χ1v) is 7.47. The smallest absolute Gasteiger partial charge is 0.239 e. The first kappa shape index (κ1) is 12.2. The van der Waals surface area contributed by atoms with Crippen LogP contribution < -0.4 is 5.32 Å². The van der Waals surface area contributed by atoms with Crippen molar-refractivity contribution in [3.05, 3.63) is 12.2 Å². The van der Waals surface area contributed by atoms with Crippen molar-refractivity contribution >= 4 is 5.91 Å². The minimum absolute atomic E-state index is 0.0111. The largest absolute Gasteiger partial charge is 0.341 e. The van der Waals surface area contributed by atoms with Crippen molar-refractivity contribution in [3.63, 3.8) is 0 Å². The number of hydrogen-bond acceptors (Lipinski definition) is 2. The summed E-state index contributed by atoms with van der Waals surface area (Å²) in [6, 6.07) is 0.528. The van der Waals surface area contributed by atoms with Gasteiger partial charge < -0.3 is 10.2 Å². The third-order valence-electron chi connectivity index (χ3n) is 4.87. The molecule has 0 spiro atoms. The predicted octanol–water partition coefficient (Wildman–Crippen LogP) is 1.94. The summed E-state index contributed by atoms with van der Waals surface area (Å²) in [7, 11) is 0. The van der Waals surface area contributed by atoms with E-state index in [0.29, 0.717) is 17.9 Å². The predicted molar refractivity (Wildman–Crippen MR) is 72.2 cm³/mol. The molecule has 0 aromatic heterocycles. The molecule has 1 saturated heterocycles. The van der Waals surface area contributed by atoms with E-state index in [0.717, 1.165) is 19.0 Å². The Morgan fingerprint density at radius 3 is 2.83 bits per heavy atom. The van der Waals surface area contributed by atoms with Gasteiger partial charge in [0.2, 0.25) is 5.91 Å². The summed E-state index contributed by atoms with van der Waals surface area (Å²) in [6.45, 7) is 3.95. The van der Waals surface area contributed by atoms with Gasteiger partial charge in [-0.15, -0.1) is 0 Å². The molecule has 2 aliphatic carbocycles. The zero-order chi connectivity index (χ0) is 12.5. The quantitative estimate of drug-likeness (QED) is 0.774. The van der Waals surface area contributed by atoms with Gasteiger partial charge in [0.1, 0.15) is 0 Å². The lowest BCUT2D eigenvalue weighted by Gasteiger charge is -2.42. The maximum Gasteiger partial charge on any atom is 0.239 e. The van der Waals surface area contributed by atoms with Crippen molar-refractivity contribution in [1.29, 1.82) is 0 Å². The van der Waals surface area contributed by atoms with E-state index < -0.39 is 0 Å². The summed E-state index contributed by atoms with van der Waals surface area (Å²) in [5.41, 5.74) is 0. The third-order valence-corrected chi connectivity index (χ3v) is 4.87. The Balaban J connectivity index is 1.50. The van der Waals surface area contributed by atoms with Gasteiger partial charge in [-0.2, -0.15) is 0 Å². The zero-order valence-corrected chi connectivity index (χ0v) is 11.3. The van der Waals surface area contributed by atoms with E-state index in [1.165, 1.54) is 32.1 Å². The van der Waals surface area contributed by atoms with E-state index in [1.807, 2.05) is 11.8 Å². The van der Waals surface area contributed by atoms with Crippen molar-refractivity contribution in [2.45, 2.75) is 51.1 Å². The topological polar surface area (TPSA) is 32.3 Å². The minimum atomic E-state index is -0.0111. The third kappa shape index (κ3) is 2.20. The van der Waals surface area contributed by atoms with Gasteiger partial charge in [-0.05, 0) is 50.9 Å². The lowest BCUT2D eigenvalue weighted by Crippen LogP contribution is -2.56. The Kier molecular flexibility index (Phi) is 3.42. The summed E-state index contributed by atoms with van der Waals surface area (Å²) < 4.78 is 0. The second-order valence-corrected chi connectivity index (χ2v) is 6.12. The van der Waals surface area contributed by atoms with Crippen molar-refractivity contribution < 1.29 is 4.79 Å². The van der Waals surface area contributed by atoms with Crippen LogP contribution in [-0.4, -0.2) is 36.0 Å². The Bertz CT molecular complexity index is 346. The molecule has 1 N–H and O–H groups in total. The van der Waals surface area contributed by atoms with E-state index in [4.69, 9.17) is 0 Å². The van der Waals surface area contributed by atoms with Crippen molar-refractivity contribution in [2.24, 2.45) is 11.8 Å². The lowest BCUT2D eigenvalue weighted by molar-refractivity contribution is -0.134. The van der Waals surface area contributed by atoms with Crippen LogP contribution in [0.15, 0.2) is 12.2 Å². The van der Waals surface area contributed by atoms with Crippen molar-refractivity contribution in [1.82, 2.24) is 10.2 Å². The summed E-state index contributed by atoms with van der Waals surface area (Å²) in [5.74, 6) is 1.86. The highest BCUT2D eigenvalue weighted by Crippen LogP contribution is 2.42. The van der Waals surface area contributed by atoms with Crippen molar-refractivity contribution in [2.75, 3.05) is 13.1 Å². The van der Waals surface area contributed by atoms with E-state index >= 15 is 0 Å². The van der Waals surface area contributed by atoms with Crippen LogP contribution in [0.4, 0.5) is 0 Å². The van der Waals surface area contributed by atoms with Gasteiger partial charge in [0.05, 0.1) is 6.04 Å². The maximum atomic E-state index is 12.3. The molecule has 0 bridgehead atoms. The number of hydrogen-bond donors (Lipinski definition) is 1. The molecule has 1 heterocycles. The number of fused-ring (bicyclic) bond motifs is 1. The molecule has 1 saturated carbocycles. The number of rotatable bonds is 3. The molecular weight excluding hydrogens is 224 g/mol. The molecule has 3 heteroatoms. The monoisotopic (exact) mass is 248 g/mol. The summed E-state index contributed by atoms with van der Waals surface area (Å²) in [6.07, 6.45) is 10.8. The molecule has 4 atom stereocenters. The standard InChI is InChI=1S/C15H24N2O/c1-11(15(18)17-8-3-2-4-9-17)16-14-10-12-6-5-7-13(12)14/h5,7,11-14,16H,2-4,6,8-10H2,1H3. The van der Waals surface area contributed by atoms with Crippen molar-refractivity contribution in [3.8, 4) is 0 Å². The molecule has 1 aliphatic heterocycles. The maximum absolute atomic E-state index is 12.3. The Hall–Kier alpha value is -0.830. The van der Waals surface area contributed by atoms with Gasteiger partial charge >= 0.3 is 0 Å². The number of carbonyl (C=O) groups is 1. The van der Waals surface area contributed by atoms with Gasteiger partial charge in [0.25, 0.3) is 0 Å². The Morgan fingerprint density at radius 1 is 1.33 bits per heavy atom. The van der Waals surface area contributed by atoms with Gasteiger partial charge in [-0.3, -0.25) is 4.79 Å². The number of amides is 1. The fourth-order valence-electron chi connectivity index (χ4n) is 3.69. The van der Waals surface area contributed by atoms with Gasteiger partial charge in [-0.1, -0.05) is 12.2 Å². The van der Waals surface area contributed by atoms with Crippen LogP contribution in [0, 0.1) is 11.8 Å². The van der Waals surface area contributed by atoms with Crippen LogP contribution in [-0.2, 0) is 4.79 Å². The highest BCUT2D eigenvalue weighted by Gasteiger charge is 2.42. The highest BCUT2D eigenvalue weighted by atomic mass is 16.2. The van der Waals surface area contributed by atoms with E-state index in [-0.39, 0.29) is 6.04 Å². The van der Waals surface area contributed by atoms with E-state index in [2.05, 4.69) is 17.5 Å². The van der Waals surface area contributed by atoms with Crippen LogP contribution in [0.25, 0.3) is 0 Å². The van der Waals surface area contributed by atoms with Crippen LogP contribution >= 0.6 is 0 Å². The summed E-state index contributed by atoms with van der Waals surface area (Å²) >= 11 is 0. The van der Waals surface area contributed by atoms with Gasteiger partial charge in [-0.25, -0.2) is 0 Å². The molecule has 18 heavy (non-hydrogen) atoms. The number of nitrogens with one attached hydrogen (secondary N) is 1. The van der Waals surface area contributed by atoms with Crippen LogP contribution in [0.3, 0.4) is 0 Å². The molecule has 0 radical (unpaired) electrons. The van der Waals surface area contributed by atoms with Crippen LogP contribution in [0.5, 0.6) is 0 Å². The molecule has 0 aromatic carbocycles. The molecule has 3 rings (SSSR count). The van der Waals surface area contributed by atoms with Gasteiger partial charge in [0, 0.05) is 19.1 Å². The van der Waals surface area contributed by atoms with Crippen LogP contribution in [0.2, 0.25) is 0 Å². The molecule has 3 nitrogen and oxygen atoms in total. The normalized spacial score (nSPS) is 36.1. The molecule has 3 aliphatic rings. The number of carbonyl (C=O) groups excluding carboxylic acids is 1. The molecule has 4 unspecified atom stereocenters. The fourth-order valence-corrected chi connectivity index (χ4v) is 3.69. The molecule has 100 valence electrons. The molecule has 2 fully saturated rings. The van der Waals surface area contributed by atoms with E-state index in [1.54, 1.807) is 0 Å². The molecule has 1 amide bonds. The minimum Gasteiger partial charge on any atom is -0.341 e. The highest BCUT2D eigenvalue weighted by molar-refractivity contribution is 5.81. The fraction of sp³-hybridized carbons (Fsp3) is 0.800. The number of likely N-dealkylation sites (tertiary alicyclic amines) is 1. The molecule has 0 aromatic rings. The SMILES string of the molecule is CC(NC1CC2CC=CC21)C(=O)N1CCCCC1. The summed E-state index contributed by atoms with van der Waals surface area (Å²) in [4.78, 5) is 14.4. The van der Waals surface area contributed by atoms with Gasteiger partial charge in [0.15, 0.2) is 0 Å². The Labute approximate surface area is 110 Å². The number of nitrogens with zero attached hydrogens (tertiary/aromatic N) is 1. The second kappa shape index (κ2) is 5.04. The van der Waals surface area contributed by atoms with E-state index in [9.17, 15) is 4.79 Å². The first-order valence-electron chi connectivity index (χ1n) is 7.47. The molecular formula is C15H24N2O. The number of piperidine rings is 1.